The first-order valence-electron chi connectivity index (χ1n) is 9.29. The highest BCUT2D eigenvalue weighted by Crippen LogP contribution is 2.49. The number of carbonyl (C=O) groups excluding carboxylic acids is 2. The Balaban J connectivity index is 2.18. The average Bonchev–Trinajstić information content (AvgIpc) is 2.31. The highest BCUT2D eigenvalue weighted by atomic mass is 16.5. The second-order valence-electron chi connectivity index (χ2n) is 8.95. The topological polar surface area (TPSA) is 59.1 Å². The molecule has 25 heavy (non-hydrogen) atoms. The number of esters is 2. The van der Waals surface area contributed by atoms with Gasteiger partial charge in [-0.2, -0.15) is 0 Å². The van der Waals surface area contributed by atoms with Gasteiger partial charge >= 0.3 is 11.9 Å². The molecular formula is C19H34N2O4. The summed E-state index contributed by atoms with van der Waals surface area (Å²) in [4.78, 5) is 29.2. The number of fused-ring (bicyclic) bond motifs is 2. The standard InChI is InChI=1S/C19H34N2O4/c1-14(2)24-16(22)7-18-9-19(12-20(5)10-18,13-21(6)11-18)8-17(23)25-15(3)4/h14-15H,7-13H2,1-6H3. The minimum Gasteiger partial charge on any atom is -0.463 e. The van der Waals surface area contributed by atoms with Crippen LogP contribution in [-0.4, -0.2) is 74.2 Å². The number of nitrogens with zero attached hydrogens (tertiary/aromatic N) is 2. The SMILES string of the molecule is CC(C)OC(=O)CC12CN(C)CC(CC(=O)OC(C)C)(CN(C)C1)C2. The molecule has 6 nitrogen and oxygen atoms in total. The van der Waals surface area contributed by atoms with E-state index in [1.54, 1.807) is 0 Å². The van der Waals surface area contributed by atoms with Gasteiger partial charge in [-0.1, -0.05) is 0 Å². The Labute approximate surface area is 151 Å². The Bertz CT molecular complexity index is 448. The largest absolute Gasteiger partial charge is 0.463 e. The molecule has 2 heterocycles. The van der Waals surface area contributed by atoms with E-state index < -0.39 is 0 Å². The fourth-order valence-corrected chi connectivity index (χ4v) is 5.09. The first-order valence-corrected chi connectivity index (χ1v) is 9.29. The summed E-state index contributed by atoms with van der Waals surface area (Å²) in [6.07, 6.45) is 1.48. The molecule has 0 unspecified atom stereocenters. The molecule has 6 heteroatoms. The number of piperidine rings is 2. The molecule has 2 saturated heterocycles. The first-order chi connectivity index (χ1) is 11.5. The van der Waals surface area contributed by atoms with E-state index in [0.29, 0.717) is 12.8 Å². The van der Waals surface area contributed by atoms with Gasteiger partial charge in [0, 0.05) is 37.0 Å². The van der Waals surface area contributed by atoms with Crippen molar-refractivity contribution in [3.05, 3.63) is 0 Å². The predicted octanol–water partition coefficient (Wildman–Crippen LogP) is 1.92. The summed E-state index contributed by atoms with van der Waals surface area (Å²) in [7, 11) is 4.16. The Morgan fingerprint density at radius 3 is 1.40 bits per heavy atom. The Morgan fingerprint density at radius 1 is 0.800 bits per heavy atom. The Hall–Kier alpha value is -1.14. The van der Waals surface area contributed by atoms with Crippen LogP contribution < -0.4 is 0 Å². The monoisotopic (exact) mass is 354 g/mol. The molecule has 0 spiro atoms. The van der Waals surface area contributed by atoms with Gasteiger partial charge in [0.15, 0.2) is 0 Å². The Morgan fingerprint density at radius 2 is 1.12 bits per heavy atom. The van der Waals surface area contributed by atoms with Gasteiger partial charge < -0.3 is 19.3 Å². The summed E-state index contributed by atoms with van der Waals surface area (Å²) in [6, 6.07) is 0. The van der Waals surface area contributed by atoms with Crippen molar-refractivity contribution in [3.8, 4) is 0 Å². The summed E-state index contributed by atoms with van der Waals surface area (Å²) >= 11 is 0. The fourth-order valence-electron chi connectivity index (χ4n) is 5.09. The van der Waals surface area contributed by atoms with Gasteiger partial charge in [0.1, 0.15) is 0 Å². The van der Waals surface area contributed by atoms with Crippen LogP contribution in [-0.2, 0) is 19.1 Å². The van der Waals surface area contributed by atoms with Gasteiger partial charge in [0.25, 0.3) is 0 Å². The second kappa shape index (κ2) is 7.62. The molecule has 2 aliphatic rings. The molecule has 0 saturated carbocycles. The van der Waals surface area contributed by atoms with Crippen LogP contribution in [0.1, 0.15) is 47.0 Å². The molecule has 0 aromatic carbocycles. The lowest BCUT2D eigenvalue weighted by atomic mass is 9.61. The van der Waals surface area contributed by atoms with Gasteiger partial charge in [-0.3, -0.25) is 9.59 Å². The zero-order valence-electron chi connectivity index (χ0n) is 16.6. The van der Waals surface area contributed by atoms with Crippen LogP contribution >= 0.6 is 0 Å². The molecule has 2 fully saturated rings. The molecule has 0 radical (unpaired) electrons. The number of likely N-dealkylation sites (tertiary alicyclic amines) is 2. The van der Waals surface area contributed by atoms with Gasteiger partial charge in [-0.15, -0.1) is 0 Å². The number of hydrogen-bond donors (Lipinski definition) is 0. The van der Waals surface area contributed by atoms with E-state index in [2.05, 4.69) is 23.9 Å². The van der Waals surface area contributed by atoms with Crippen molar-refractivity contribution in [1.82, 2.24) is 9.80 Å². The molecule has 2 bridgehead atoms. The van der Waals surface area contributed by atoms with Crippen LogP contribution in [0.15, 0.2) is 0 Å². The maximum Gasteiger partial charge on any atom is 0.306 e. The van der Waals surface area contributed by atoms with Crippen LogP contribution in [0.2, 0.25) is 0 Å². The molecule has 0 N–H and O–H groups in total. The fraction of sp³-hybridized carbons (Fsp3) is 0.895. The maximum atomic E-state index is 12.4. The van der Waals surface area contributed by atoms with E-state index >= 15 is 0 Å². The van der Waals surface area contributed by atoms with Crippen molar-refractivity contribution in [1.29, 1.82) is 0 Å². The minimum atomic E-state index is -0.163. The third-order valence-electron chi connectivity index (χ3n) is 4.94. The third kappa shape index (κ3) is 5.42. The quantitative estimate of drug-likeness (QED) is 0.679. The van der Waals surface area contributed by atoms with E-state index in [-0.39, 0.29) is 35.0 Å². The first kappa shape index (κ1) is 20.2. The van der Waals surface area contributed by atoms with E-state index in [4.69, 9.17) is 9.47 Å². The van der Waals surface area contributed by atoms with Crippen molar-refractivity contribution in [2.75, 3.05) is 40.3 Å². The predicted molar refractivity (Wildman–Crippen MR) is 96.2 cm³/mol. The van der Waals surface area contributed by atoms with Crippen molar-refractivity contribution < 1.29 is 19.1 Å². The average molecular weight is 354 g/mol. The molecule has 2 aliphatic heterocycles. The van der Waals surface area contributed by atoms with Gasteiger partial charge in [-0.25, -0.2) is 0 Å². The lowest BCUT2D eigenvalue weighted by Crippen LogP contribution is -2.63. The van der Waals surface area contributed by atoms with Gasteiger partial charge in [0.2, 0.25) is 0 Å². The van der Waals surface area contributed by atoms with Crippen molar-refractivity contribution in [3.63, 3.8) is 0 Å². The normalized spacial score (nSPS) is 30.6. The summed E-state index contributed by atoms with van der Waals surface area (Å²) in [5.41, 5.74) is -0.325. The Kier molecular flexibility index (Phi) is 6.15. The molecule has 0 aromatic heterocycles. The van der Waals surface area contributed by atoms with Crippen molar-refractivity contribution in [2.45, 2.75) is 59.2 Å². The van der Waals surface area contributed by atoms with E-state index in [9.17, 15) is 9.59 Å². The van der Waals surface area contributed by atoms with Crippen LogP contribution in [0.4, 0.5) is 0 Å². The summed E-state index contributed by atoms with van der Waals surface area (Å²) < 4.78 is 10.8. The summed E-state index contributed by atoms with van der Waals surface area (Å²) in [5.74, 6) is -0.279. The zero-order chi connectivity index (χ0) is 18.8. The minimum absolute atomic E-state index is 0.0997. The molecular weight excluding hydrogens is 320 g/mol. The van der Waals surface area contributed by atoms with E-state index in [1.807, 2.05) is 27.7 Å². The van der Waals surface area contributed by atoms with Crippen LogP contribution in [0.3, 0.4) is 0 Å². The summed E-state index contributed by atoms with van der Waals surface area (Å²) in [5, 5.41) is 0. The lowest BCUT2D eigenvalue weighted by molar-refractivity contribution is -0.162. The van der Waals surface area contributed by atoms with Gasteiger partial charge in [-0.05, 0) is 48.2 Å². The number of hydrogen-bond acceptors (Lipinski definition) is 6. The van der Waals surface area contributed by atoms with Crippen LogP contribution in [0.5, 0.6) is 0 Å². The van der Waals surface area contributed by atoms with E-state index in [1.165, 1.54) is 0 Å². The van der Waals surface area contributed by atoms with Crippen molar-refractivity contribution in [2.24, 2.45) is 10.8 Å². The van der Waals surface area contributed by atoms with Crippen LogP contribution in [0, 0.1) is 10.8 Å². The number of carbonyl (C=O) groups is 2. The molecule has 0 amide bonds. The highest BCUT2D eigenvalue weighted by molar-refractivity contribution is 5.72. The third-order valence-corrected chi connectivity index (χ3v) is 4.94. The molecule has 144 valence electrons. The molecule has 2 rings (SSSR count). The van der Waals surface area contributed by atoms with Gasteiger partial charge in [0.05, 0.1) is 25.0 Å². The molecule has 0 atom stereocenters. The summed E-state index contributed by atoms with van der Waals surface area (Å²) in [6.45, 7) is 10.9. The zero-order valence-corrected chi connectivity index (χ0v) is 16.6. The van der Waals surface area contributed by atoms with Crippen LogP contribution in [0.25, 0.3) is 0 Å². The smallest absolute Gasteiger partial charge is 0.306 e. The number of ether oxygens (including phenoxy) is 2. The maximum absolute atomic E-state index is 12.4. The molecule has 0 aromatic rings. The number of rotatable bonds is 6. The second-order valence-corrected chi connectivity index (χ2v) is 8.95. The molecule has 0 aliphatic carbocycles. The lowest BCUT2D eigenvalue weighted by Gasteiger charge is -2.57. The van der Waals surface area contributed by atoms with Crippen molar-refractivity contribution >= 4 is 11.9 Å². The van der Waals surface area contributed by atoms with E-state index in [0.717, 1.165) is 32.6 Å². The highest BCUT2D eigenvalue weighted by Gasteiger charge is 2.53.